The first kappa shape index (κ1) is 14.7. The van der Waals surface area contributed by atoms with Gasteiger partial charge >= 0.3 is 0 Å². The summed E-state index contributed by atoms with van der Waals surface area (Å²) in [6.45, 7) is 2.77. The van der Waals surface area contributed by atoms with Gasteiger partial charge in [-0.05, 0) is 31.6 Å². The minimum Gasteiger partial charge on any atom is -0.359 e. The monoisotopic (exact) mass is 316 g/mol. The zero-order chi connectivity index (χ0) is 14.2. The second-order valence-corrected chi connectivity index (χ2v) is 10.0. The van der Waals surface area contributed by atoms with Gasteiger partial charge in [0.05, 0.1) is 17.5 Å². The lowest BCUT2D eigenvalue weighted by molar-refractivity contribution is 0.242. The summed E-state index contributed by atoms with van der Waals surface area (Å²) in [4.78, 5) is 4.56. The van der Waals surface area contributed by atoms with Crippen molar-refractivity contribution in [1.82, 2.24) is 5.32 Å². The van der Waals surface area contributed by atoms with E-state index >= 15 is 0 Å². The number of amidine groups is 1. The van der Waals surface area contributed by atoms with Crippen molar-refractivity contribution in [2.45, 2.75) is 56.2 Å². The molecule has 1 saturated carbocycles. The maximum Gasteiger partial charge on any atom is 0.157 e. The van der Waals surface area contributed by atoms with Crippen LogP contribution in [0.1, 0.15) is 45.4 Å². The molecule has 3 atom stereocenters. The first-order valence-corrected chi connectivity index (χ1v) is 10.4. The van der Waals surface area contributed by atoms with Gasteiger partial charge in [0.2, 0.25) is 0 Å². The average Bonchev–Trinajstić information content (AvgIpc) is 2.90. The minimum atomic E-state index is -2.87. The topological polar surface area (TPSA) is 58.5 Å². The lowest BCUT2D eigenvalue weighted by atomic mass is 9.78. The Balaban J connectivity index is 1.61. The maximum absolute atomic E-state index is 11.8. The average molecular weight is 316 g/mol. The zero-order valence-corrected chi connectivity index (χ0v) is 13.7. The summed E-state index contributed by atoms with van der Waals surface area (Å²) in [7, 11) is -2.87. The predicted molar refractivity (Wildman–Crippen MR) is 85.1 cm³/mol. The van der Waals surface area contributed by atoms with Crippen LogP contribution in [-0.2, 0) is 9.84 Å². The molecule has 2 saturated heterocycles. The summed E-state index contributed by atoms with van der Waals surface area (Å²) in [5.74, 6) is 2.23. The Morgan fingerprint density at radius 1 is 1.40 bits per heavy atom. The first-order valence-electron chi connectivity index (χ1n) is 7.66. The molecule has 3 aliphatic rings. The van der Waals surface area contributed by atoms with Crippen LogP contribution in [0.25, 0.3) is 0 Å². The molecule has 3 fully saturated rings. The van der Waals surface area contributed by atoms with E-state index in [4.69, 9.17) is 0 Å². The summed E-state index contributed by atoms with van der Waals surface area (Å²) >= 11 is 1.78. The summed E-state index contributed by atoms with van der Waals surface area (Å²) in [6.07, 6.45) is 6.66. The highest BCUT2D eigenvalue weighted by Gasteiger charge is 2.40. The number of aliphatic imine (C=N–C) groups is 1. The van der Waals surface area contributed by atoms with Crippen LogP contribution in [0, 0.1) is 5.92 Å². The van der Waals surface area contributed by atoms with E-state index in [1.807, 2.05) is 0 Å². The second kappa shape index (κ2) is 5.52. The van der Waals surface area contributed by atoms with Gasteiger partial charge in [-0.15, -0.1) is 0 Å². The fourth-order valence-electron chi connectivity index (χ4n) is 3.74. The van der Waals surface area contributed by atoms with Crippen LogP contribution < -0.4 is 5.32 Å². The van der Waals surface area contributed by atoms with E-state index in [1.54, 1.807) is 11.8 Å². The van der Waals surface area contributed by atoms with Gasteiger partial charge < -0.3 is 5.32 Å². The molecule has 0 aromatic rings. The third-order valence-electron chi connectivity index (χ3n) is 4.85. The van der Waals surface area contributed by atoms with Gasteiger partial charge in [-0.3, -0.25) is 4.99 Å². The zero-order valence-electron chi connectivity index (χ0n) is 12.1. The number of rotatable bonds is 2. The molecule has 3 rings (SSSR count). The van der Waals surface area contributed by atoms with Crippen molar-refractivity contribution >= 4 is 26.8 Å². The van der Waals surface area contributed by atoms with E-state index in [9.17, 15) is 8.42 Å². The highest BCUT2D eigenvalue weighted by Crippen LogP contribution is 2.38. The molecule has 1 spiro atoms. The second-order valence-electron chi connectivity index (χ2n) is 6.67. The number of nitrogens with one attached hydrogen (secondary N) is 1. The summed E-state index contributed by atoms with van der Waals surface area (Å²) in [6, 6.07) is 0. The van der Waals surface area contributed by atoms with Crippen molar-refractivity contribution in [2.24, 2.45) is 10.9 Å². The summed E-state index contributed by atoms with van der Waals surface area (Å²) in [5.41, 5.74) is 0.232. The van der Waals surface area contributed by atoms with Gasteiger partial charge in [0.1, 0.15) is 0 Å². The fourth-order valence-corrected chi connectivity index (χ4v) is 6.68. The minimum absolute atomic E-state index is 0.232. The molecular formula is C14H24N2O2S2. The molecule has 6 heteroatoms. The Hall–Kier alpha value is -0.230. The molecule has 114 valence electrons. The van der Waals surface area contributed by atoms with Crippen LogP contribution in [0.2, 0.25) is 0 Å². The molecule has 1 aliphatic carbocycles. The molecule has 20 heavy (non-hydrogen) atoms. The van der Waals surface area contributed by atoms with E-state index in [-0.39, 0.29) is 10.8 Å². The van der Waals surface area contributed by atoms with Crippen LogP contribution in [-0.4, -0.2) is 42.4 Å². The van der Waals surface area contributed by atoms with E-state index in [0.29, 0.717) is 12.3 Å². The lowest BCUT2D eigenvalue weighted by Gasteiger charge is -2.36. The number of nitrogens with zero attached hydrogens (tertiary/aromatic N) is 1. The molecule has 0 aromatic heterocycles. The van der Waals surface area contributed by atoms with Crippen LogP contribution in [0.5, 0.6) is 0 Å². The fraction of sp³-hybridized carbons (Fsp3) is 0.929. The number of thioether (sulfide) groups is 1. The highest BCUT2D eigenvalue weighted by molar-refractivity contribution is 8.14. The van der Waals surface area contributed by atoms with E-state index in [0.717, 1.165) is 29.7 Å². The molecule has 0 amide bonds. The summed E-state index contributed by atoms with van der Waals surface area (Å²) in [5, 5.41) is 4.34. The first-order chi connectivity index (χ1) is 9.49. The smallest absolute Gasteiger partial charge is 0.157 e. The van der Waals surface area contributed by atoms with E-state index in [1.165, 1.54) is 25.7 Å². The van der Waals surface area contributed by atoms with Gasteiger partial charge in [-0.25, -0.2) is 8.42 Å². The van der Waals surface area contributed by atoms with Crippen LogP contribution in [0.15, 0.2) is 4.99 Å². The molecule has 0 bridgehead atoms. The van der Waals surface area contributed by atoms with Gasteiger partial charge in [0.15, 0.2) is 15.0 Å². The van der Waals surface area contributed by atoms with Gasteiger partial charge in [-0.1, -0.05) is 31.5 Å². The largest absolute Gasteiger partial charge is 0.359 e. The number of hydrogen-bond acceptors (Lipinski definition) is 4. The molecule has 2 heterocycles. The Bertz CT molecular complexity index is 503. The SMILES string of the molecule is CC1CCCC2(CSC(=NCC3CCCS3(=O)=O)N2)C1. The van der Waals surface area contributed by atoms with E-state index in [2.05, 4.69) is 17.2 Å². The molecule has 0 aromatic carbocycles. The quantitative estimate of drug-likeness (QED) is 0.848. The van der Waals surface area contributed by atoms with Crippen molar-refractivity contribution in [2.75, 3.05) is 18.1 Å². The molecular weight excluding hydrogens is 292 g/mol. The third-order valence-corrected chi connectivity index (χ3v) is 8.31. The van der Waals surface area contributed by atoms with Crippen LogP contribution in [0.3, 0.4) is 0 Å². The van der Waals surface area contributed by atoms with Gasteiger partial charge in [-0.2, -0.15) is 0 Å². The highest BCUT2D eigenvalue weighted by atomic mass is 32.2. The normalized spacial score (nSPS) is 42.1. The van der Waals surface area contributed by atoms with Crippen LogP contribution >= 0.6 is 11.8 Å². The number of hydrogen-bond donors (Lipinski definition) is 1. The maximum atomic E-state index is 11.8. The third kappa shape index (κ3) is 3.01. The Morgan fingerprint density at radius 3 is 2.95 bits per heavy atom. The van der Waals surface area contributed by atoms with E-state index < -0.39 is 9.84 Å². The van der Waals surface area contributed by atoms with Crippen molar-refractivity contribution < 1.29 is 8.42 Å². The Labute approximate surface area is 126 Å². The molecule has 1 N–H and O–H groups in total. The van der Waals surface area contributed by atoms with Crippen molar-refractivity contribution in [3.8, 4) is 0 Å². The molecule has 0 radical (unpaired) electrons. The predicted octanol–water partition coefficient (Wildman–Crippen LogP) is 2.20. The standard InChI is InChI=1S/C14H24N2O2S2/c1-11-4-2-6-14(8-11)10-19-13(16-14)15-9-12-5-3-7-20(12,17)18/h11-12H,2-10H2,1H3,(H,15,16). The van der Waals surface area contributed by atoms with Gasteiger partial charge in [0, 0.05) is 11.3 Å². The Morgan fingerprint density at radius 2 is 2.25 bits per heavy atom. The number of sulfone groups is 1. The van der Waals surface area contributed by atoms with Crippen molar-refractivity contribution in [3.63, 3.8) is 0 Å². The molecule has 3 unspecified atom stereocenters. The summed E-state index contributed by atoms with van der Waals surface area (Å²) < 4.78 is 23.6. The van der Waals surface area contributed by atoms with Gasteiger partial charge in [0.25, 0.3) is 0 Å². The lowest BCUT2D eigenvalue weighted by Crippen LogP contribution is -2.47. The van der Waals surface area contributed by atoms with Crippen molar-refractivity contribution in [3.05, 3.63) is 0 Å². The van der Waals surface area contributed by atoms with Crippen LogP contribution in [0.4, 0.5) is 0 Å². The molecule has 4 nitrogen and oxygen atoms in total. The molecule has 2 aliphatic heterocycles. The Kier molecular flexibility index (Phi) is 4.06. The van der Waals surface area contributed by atoms with Crippen molar-refractivity contribution in [1.29, 1.82) is 0 Å².